The summed E-state index contributed by atoms with van der Waals surface area (Å²) in [6.07, 6.45) is 6.91. The normalized spacial score (nSPS) is 17.8. The summed E-state index contributed by atoms with van der Waals surface area (Å²) >= 11 is 0. The first-order valence-corrected chi connectivity index (χ1v) is 6.28. The van der Waals surface area contributed by atoms with Crippen LogP contribution in [0.15, 0.2) is 36.9 Å². The number of benzene rings is 1. The number of hydrogen-bond donors (Lipinski definition) is 1. The van der Waals surface area contributed by atoms with E-state index in [1.807, 2.05) is 10.7 Å². The van der Waals surface area contributed by atoms with Crippen molar-refractivity contribution in [3.8, 4) is 5.75 Å². The predicted molar refractivity (Wildman–Crippen MR) is 69.9 cm³/mol. The third kappa shape index (κ3) is 1.44. The van der Waals surface area contributed by atoms with Gasteiger partial charge in [-0.05, 0) is 30.0 Å². The molecule has 5 nitrogen and oxygen atoms in total. The van der Waals surface area contributed by atoms with Crippen LogP contribution >= 0.6 is 0 Å². The maximum atomic E-state index is 9.90. The summed E-state index contributed by atoms with van der Waals surface area (Å²) in [7, 11) is 0. The third-order valence-corrected chi connectivity index (χ3v) is 3.77. The summed E-state index contributed by atoms with van der Waals surface area (Å²) in [4.78, 5) is 8.31. The quantitative estimate of drug-likeness (QED) is 0.720. The molecule has 2 heterocycles. The Morgan fingerprint density at radius 2 is 2.21 bits per heavy atom. The van der Waals surface area contributed by atoms with Crippen molar-refractivity contribution in [1.29, 1.82) is 0 Å². The van der Waals surface area contributed by atoms with Crippen molar-refractivity contribution in [2.24, 2.45) is 0 Å². The predicted octanol–water partition coefficient (Wildman–Crippen LogP) is 2.07. The van der Waals surface area contributed by atoms with E-state index in [0.717, 1.165) is 35.0 Å². The molecule has 19 heavy (non-hydrogen) atoms. The van der Waals surface area contributed by atoms with E-state index in [1.54, 1.807) is 24.8 Å². The number of phenolic OH excluding ortho intramolecular Hbond substituents is 1. The first kappa shape index (κ1) is 10.5. The fraction of sp³-hybridized carbons (Fsp3) is 0.214. The summed E-state index contributed by atoms with van der Waals surface area (Å²) in [5.74, 6) is 0.381. The zero-order chi connectivity index (χ0) is 12.8. The van der Waals surface area contributed by atoms with Crippen molar-refractivity contribution in [1.82, 2.24) is 19.7 Å². The lowest BCUT2D eigenvalue weighted by Gasteiger charge is -2.13. The van der Waals surface area contributed by atoms with E-state index in [9.17, 15) is 5.11 Å². The highest BCUT2D eigenvalue weighted by Gasteiger charge is 2.27. The van der Waals surface area contributed by atoms with Crippen LogP contribution in [-0.4, -0.2) is 24.9 Å². The maximum Gasteiger partial charge on any atom is 0.161 e. The largest absolute Gasteiger partial charge is 0.508 e. The Morgan fingerprint density at radius 1 is 1.26 bits per heavy atom. The summed E-state index contributed by atoms with van der Waals surface area (Å²) in [6, 6.07) is 5.83. The zero-order valence-electron chi connectivity index (χ0n) is 10.2. The van der Waals surface area contributed by atoms with Gasteiger partial charge in [0.25, 0.3) is 0 Å². The molecule has 94 valence electrons. The van der Waals surface area contributed by atoms with Gasteiger partial charge in [-0.1, -0.05) is 12.1 Å². The Kier molecular flexibility index (Phi) is 2.09. The van der Waals surface area contributed by atoms with E-state index in [0.29, 0.717) is 5.75 Å². The minimum absolute atomic E-state index is 0.148. The molecule has 1 aliphatic carbocycles. The molecule has 0 amide bonds. The number of phenols is 1. The third-order valence-electron chi connectivity index (χ3n) is 3.77. The molecule has 5 heteroatoms. The second-order valence-electron chi connectivity index (χ2n) is 4.79. The van der Waals surface area contributed by atoms with E-state index >= 15 is 0 Å². The molecule has 1 aromatic carbocycles. The van der Waals surface area contributed by atoms with Crippen LogP contribution in [0.5, 0.6) is 5.75 Å². The van der Waals surface area contributed by atoms with Gasteiger partial charge in [0.05, 0.1) is 17.6 Å². The van der Waals surface area contributed by atoms with Crippen LogP contribution in [-0.2, 0) is 6.42 Å². The second kappa shape index (κ2) is 3.78. The Hall–Kier alpha value is -2.43. The van der Waals surface area contributed by atoms with Crippen molar-refractivity contribution in [3.05, 3.63) is 48.0 Å². The summed E-state index contributed by atoms with van der Waals surface area (Å²) in [6.45, 7) is 0. The minimum Gasteiger partial charge on any atom is -0.508 e. The van der Waals surface area contributed by atoms with Gasteiger partial charge in [0, 0.05) is 6.20 Å². The van der Waals surface area contributed by atoms with Crippen molar-refractivity contribution in [2.75, 3.05) is 0 Å². The smallest absolute Gasteiger partial charge is 0.161 e. The number of aromatic hydroxyl groups is 1. The lowest BCUT2D eigenvalue weighted by atomic mass is 10.1. The average Bonchev–Trinajstić information content (AvgIpc) is 3.02. The summed E-state index contributed by atoms with van der Waals surface area (Å²) in [5.41, 5.74) is 3.02. The van der Waals surface area contributed by atoms with E-state index in [-0.39, 0.29) is 6.04 Å². The fourth-order valence-corrected chi connectivity index (χ4v) is 2.89. The maximum absolute atomic E-state index is 9.90. The van der Waals surface area contributed by atoms with Gasteiger partial charge in [0.2, 0.25) is 0 Å². The zero-order valence-corrected chi connectivity index (χ0v) is 10.2. The number of hydrogen-bond acceptors (Lipinski definition) is 4. The van der Waals surface area contributed by atoms with Gasteiger partial charge in [-0.2, -0.15) is 5.10 Å². The second-order valence-corrected chi connectivity index (χ2v) is 4.79. The number of fused-ring (bicyclic) bond motifs is 2. The molecule has 1 atom stereocenters. The van der Waals surface area contributed by atoms with Crippen LogP contribution in [0.25, 0.3) is 11.0 Å². The molecule has 0 aliphatic heterocycles. The Labute approximate surface area is 109 Å². The number of nitrogens with zero attached hydrogens (tertiary/aromatic N) is 4. The Balaban J connectivity index is 1.90. The van der Waals surface area contributed by atoms with Crippen molar-refractivity contribution >= 4 is 11.0 Å². The molecule has 1 N–H and O–H groups in total. The van der Waals surface area contributed by atoms with Gasteiger partial charge in [0.15, 0.2) is 5.65 Å². The SMILES string of the molecule is Oc1cccc2c1CCC2n1ncc2cncnc21. The van der Waals surface area contributed by atoms with Gasteiger partial charge in [-0.3, -0.25) is 0 Å². The van der Waals surface area contributed by atoms with Gasteiger partial charge < -0.3 is 5.11 Å². The topological polar surface area (TPSA) is 63.8 Å². The molecule has 0 bridgehead atoms. The molecule has 0 radical (unpaired) electrons. The molecule has 1 aliphatic rings. The number of rotatable bonds is 1. The van der Waals surface area contributed by atoms with Crippen LogP contribution in [0.1, 0.15) is 23.6 Å². The Morgan fingerprint density at radius 3 is 3.16 bits per heavy atom. The van der Waals surface area contributed by atoms with E-state index in [1.165, 1.54) is 0 Å². The fourth-order valence-electron chi connectivity index (χ4n) is 2.89. The van der Waals surface area contributed by atoms with Crippen molar-refractivity contribution in [2.45, 2.75) is 18.9 Å². The van der Waals surface area contributed by atoms with Crippen molar-refractivity contribution < 1.29 is 5.11 Å². The van der Waals surface area contributed by atoms with Crippen LogP contribution in [0, 0.1) is 0 Å². The molecule has 2 aromatic heterocycles. The van der Waals surface area contributed by atoms with Gasteiger partial charge >= 0.3 is 0 Å². The Bertz CT molecular complexity index is 765. The monoisotopic (exact) mass is 252 g/mol. The number of aromatic nitrogens is 4. The van der Waals surface area contributed by atoms with Gasteiger partial charge in [0.1, 0.15) is 12.1 Å². The molecule has 3 aromatic rings. The molecular weight excluding hydrogens is 240 g/mol. The van der Waals surface area contributed by atoms with Gasteiger partial charge in [-0.25, -0.2) is 14.6 Å². The average molecular weight is 252 g/mol. The van der Waals surface area contributed by atoms with E-state index < -0.39 is 0 Å². The molecule has 0 fully saturated rings. The van der Waals surface area contributed by atoms with Gasteiger partial charge in [-0.15, -0.1) is 0 Å². The van der Waals surface area contributed by atoms with Crippen LogP contribution in [0.3, 0.4) is 0 Å². The molecule has 4 rings (SSSR count). The van der Waals surface area contributed by atoms with E-state index in [2.05, 4.69) is 21.1 Å². The minimum atomic E-state index is 0.148. The highest BCUT2D eigenvalue weighted by molar-refractivity contribution is 5.73. The molecular formula is C14H12N4O. The molecule has 0 saturated carbocycles. The molecule has 0 spiro atoms. The summed E-state index contributed by atoms with van der Waals surface area (Å²) in [5, 5.41) is 15.3. The lowest BCUT2D eigenvalue weighted by Crippen LogP contribution is -2.09. The summed E-state index contributed by atoms with van der Waals surface area (Å²) < 4.78 is 1.93. The van der Waals surface area contributed by atoms with Crippen LogP contribution < -0.4 is 0 Å². The molecule has 1 unspecified atom stereocenters. The standard InChI is InChI=1S/C14H12N4O/c19-13-3-1-2-10-11(13)4-5-12(10)18-14-9(7-17-18)6-15-8-16-14/h1-3,6-8,12,19H,4-5H2. The highest BCUT2D eigenvalue weighted by atomic mass is 16.3. The first-order valence-electron chi connectivity index (χ1n) is 6.28. The lowest BCUT2D eigenvalue weighted by molar-refractivity contribution is 0.469. The highest BCUT2D eigenvalue weighted by Crippen LogP contribution is 2.39. The van der Waals surface area contributed by atoms with Crippen LogP contribution in [0.4, 0.5) is 0 Å². The van der Waals surface area contributed by atoms with Crippen molar-refractivity contribution in [3.63, 3.8) is 0 Å². The van der Waals surface area contributed by atoms with E-state index in [4.69, 9.17) is 0 Å². The first-order chi connectivity index (χ1) is 9.34. The molecule has 0 saturated heterocycles. The van der Waals surface area contributed by atoms with Crippen LogP contribution in [0.2, 0.25) is 0 Å².